The Morgan fingerprint density at radius 1 is 1.44 bits per heavy atom. The zero-order chi connectivity index (χ0) is 11.5. The third kappa shape index (κ3) is 2.51. The van der Waals surface area contributed by atoms with Crippen molar-refractivity contribution < 1.29 is 13.5 Å². The highest BCUT2D eigenvalue weighted by Crippen LogP contribution is 2.30. The van der Waals surface area contributed by atoms with Gasteiger partial charge in [-0.05, 0) is 12.1 Å². The summed E-state index contributed by atoms with van der Waals surface area (Å²) in [6.07, 6.45) is -2.72. The van der Waals surface area contributed by atoms with Crippen LogP contribution in [-0.4, -0.2) is 19.7 Å². The summed E-state index contributed by atoms with van der Waals surface area (Å²) in [6, 6.07) is 4.26. The van der Waals surface area contributed by atoms with Gasteiger partial charge in [0, 0.05) is 29.2 Å². The van der Waals surface area contributed by atoms with Crippen molar-refractivity contribution in [3.63, 3.8) is 0 Å². The number of alkyl halides is 2. The monoisotopic (exact) mass is 247 g/mol. The molecule has 1 fully saturated rings. The van der Waals surface area contributed by atoms with E-state index >= 15 is 0 Å². The summed E-state index contributed by atoms with van der Waals surface area (Å²) in [7, 11) is 0. The molecule has 1 saturated heterocycles. The van der Waals surface area contributed by atoms with Crippen LogP contribution in [0.2, 0.25) is 5.02 Å². The maximum Gasteiger partial charge on any atom is 0.263 e. The molecule has 1 aliphatic heterocycles. The molecule has 0 spiro atoms. The zero-order valence-electron chi connectivity index (χ0n) is 8.55. The molecule has 0 saturated carbocycles. The topological polar surface area (TPSA) is 21.3 Å². The van der Waals surface area contributed by atoms with Crippen molar-refractivity contribution in [1.29, 1.82) is 0 Å². The summed E-state index contributed by atoms with van der Waals surface area (Å²) in [5, 5.41) is 3.61. The van der Waals surface area contributed by atoms with Crippen molar-refractivity contribution in [2.24, 2.45) is 0 Å². The Morgan fingerprint density at radius 3 is 2.88 bits per heavy atom. The maximum absolute atomic E-state index is 12.5. The fraction of sp³-hybridized carbons (Fsp3) is 0.455. The highest BCUT2D eigenvalue weighted by molar-refractivity contribution is 6.31. The zero-order valence-corrected chi connectivity index (χ0v) is 9.31. The molecule has 1 atom stereocenters. The molecule has 0 aromatic heterocycles. The first-order chi connectivity index (χ1) is 7.68. The molecular weight excluding hydrogens is 236 g/mol. The number of morpholine rings is 1. The Kier molecular flexibility index (Phi) is 3.74. The second-order valence-corrected chi connectivity index (χ2v) is 4.05. The summed E-state index contributed by atoms with van der Waals surface area (Å²) in [5.74, 6) is 0. The Labute approximate surface area is 97.5 Å². The Balaban J connectivity index is 2.27. The molecule has 0 amide bonds. The molecule has 0 radical (unpaired) electrons. The number of hydrogen-bond donors (Lipinski definition) is 1. The van der Waals surface area contributed by atoms with E-state index in [0.717, 1.165) is 6.54 Å². The van der Waals surface area contributed by atoms with Crippen LogP contribution in [0.3, 0.4) is 0 Å². The van der Waals surface area contributed by atoms with Crippen LogP contribution in [0.4, 0.5) is 8.78 Å². The van der Waals surface area contributed by atoms with E-state index < -0.39 is 6.43 Å². The van der Waals surface area contributed by atoms with E-state index in [-0.39, 0.29) is 11.7 Å². The van der Waals surface area contributed by atoms with Gasteiger partial charge in [0.2, 0.25) is 0 Å². The van der Waals surface area contributed by atoms with Gasteiger partial charge in [0.15, 0.2) is 0 Å². The lowest BCUT2D eigenvalue weighted by Gasteiger charge is -2.25. The van der Waals surface area contributed by atoms with E-state index in [2.05, 4.69) is 5.32 Å². The van der Waals surface area contributed by atoms with Crippen LogP contribution in [0.1, 0.15) is 23.7 Å². The summed E-state index contributed by atoms with van der Waals surface area (Å²) in [5.41, 5.74) is 0.611. The molecule has 5 heteroatoms. The SMILES string of the molecule is FC(F)c1ccc(Cl)c(C2CNCCO2)c1. The lowest BCUT2D eigenvalue weighted by molar-refractivity contribution is 0.0275. The fourth-order valence-corrected chi connectivity index (χ4v) is 1.95. The molecular formula is C11H12ClF2NO. The number of ether oxygens (including phenoxy) is 1. The van der Waals surface area contributed by atoms with Gasteiger partial charge in [0.25, 0.3) is 6.43 Å². The molecule has 0 aliphatic carbocycles. The van der Waals surface area contributed by atoms with Crippen molar-refractivity contribution in [2.45, 2.75) is 12.5 Å². The highest BCUT2D eigenvalue weighted by atomic mass is 35.5. The van der Waals surface area contributed by atoms with Gasteiger partial charge in [-0.2, -0.15) is 0 Å². The first kappa shape index (κ1) is 11.8. The highest BCUT2D eigenvalue weighted by Gasteiger charge is 2.20. The lowest BCUT2D eigenvalue weighted by Crippen LogP contribution is -2.33. The van der Waals surface area contributed by atoms with E-state index in [0.29, 0.717) is 23.7 Å². The third-order valence-electron chi connectivity index (χ3n) is 2.55. The lowest BCUT2D eigenvalue weighted by atomic mass is 10.1. The summed E-state index contributed by atoms with van der Waals surface area (Å²) in [6.45, 7) is 1.95. The Hall–Kier alpha value is -0.710. The minimum absolute atomic E-state index is 0.0198. The molecule has 2 nitrogen and oxygen atoms in total. The van der Waals surface area contributed by atoms with Gasteiger partial charge in [-0.25, -0.2) is 8.78 Å². The number of halogens is 3. The summed E-state index contributed by atoms with van der Waals surface area (Å²) < 4.78 is 30.6. The van der Waals surface area contributed by atoms with Gasteiger partial charge in [-0.1, -0.05) is 17.7 Å². The minimum Gasteiger partial charge on any atom is -0.371 e. The molecule has 1 N–H and O–H groups in total. The van der Waals surface area contributed by atoms with Crippen LogP contribution < -0.4 is 5.32 Å². The minimum atomic E-state index is -2.48. The molecule has 1 aromatic carbocycles. The first-order valence-electron chi connectivity index (χ1n) is 5.08. The standard InChI is InChI=1S/C11H12ClF2NO/c12-9-2-1-7(11(13)14)5-8(9)10-6-15-3-4-16-10/h1-2,5,10-11,15H,3-4,6H2. The van der Waals surface area contributed by atoms with Crippen LogP contribution in [0.5, 0.6) is 0 Å². The molecule has 1 aromatic rings. The van der Waals surface area contributed by atoms with Crippen molar-refractivity contribution in [3.05, 3.63) is 34.3 Å². The van der Waals surface area contributed by atoms with E-state index in [1.165, 1.54) is 18.2 Å². The number of nitrogens with one attached hydrogen (secondary N) is 1. The van der Waals surface area contributed by atoms with Crippen molar-refractivity contribution in [1.82, 2.24) is 5.32 Å². The predicted octanol–water partition coefficient (Wildman–Crippen LogP) is 2.94. The molecule has 0 bridgehead atoms. The van der Waals surface area contributed by atoms with Gasteiger partial charge in [-0.3, -0.25) is 0 Å². The maximum atomic E-state index is 12.5. The second kappa shape index (κ2) is 5.08. The van der Waals surface area contributed by atoms with Crippen LogP contribution in [0.15, 0.2) is 18.2 Å². The van der Waals surface area contributed by atoms with E-state index in [1.54, 1.807) is 0 Å². The smallest absolute Gasteiger partial charge is 0.263 e. The Bertz CT molecular complexity index is 367. The molecule has 88 valence electrons. The van der Waals surface area contributed by atoms with E-state index in [1.807, 2.05) is 0 Å². The molecule has 2 rings (SSSR count). The Morgan fingerprint density at radius 2 is 2.25 bits per heavy atom. The van der Waals surface area contributed by atoms with Crippen LogP contribution in [0.25, 0.3) is 0 Å². The van der Waals surface area contributed by atoms with E-state index in [4.69, 9.17) is 16.3 Å². The fourth-order valence-electron chi connectivity index (χ4n) is 1.71. The van der Waals surface area contributed by atoms with Crippen molar-refractivity contribution >= 4 is 11.6 Å². The average molecular weight is 248 g/mol. The van der Waals surface area contributed by atoms with Crippen molar-refractivity contribution in [2.75, 3.05) is 19.7 Å². The molecule has 1 aliphatic rings. The largest absolute Gasteiger partial charge is 0.371 e. The first-order valence-corrected chi connectivity index (χ1v) is 5.46. The summed E-state index contributed by atoms with van der Waals surface area (Å²) >= 11 is 5.98. The average Bonchev–Trinajstić information content (AvgIpc) is 2.30. The van der Waals surface area contributed by atoms with Crippen LogP contribution in [-0.2, 0) is 4.74 Å². The number of benzene rings is 1. The van der Waals surface area contributed by atoms with Crippen molar-refractivity contribution in [3.8, 4) is 0 Å². The van der Waals surface area contributed by atoms with Gasteiger partial charge in [-0.15, -0.1) is 0 Å². The molecule has 1 heterocycles. The van der Waals surface area contributed by atoms with Gasteiger partial charge < -0.3 is 10.1 Å². The molecule has 16 heavy (non-hydrogen) atoms. The molecule has 1 unspecified atom stereocenters. The number of rotatable bonds is 2. The number of hydrogen-bond acceptors (Lipinski definition) is 2. The predicted molar refractivity (Wildman–Crippen MR) is 58.0 cm³/mol. The van der Waals surface area contributed by atoms with Crippen LogP contribution in [0, 0.1) is 0 Å². The normalized spacial score (nSPS) is 21.4. The quantitative estimate of drug-likeness (QED) is 0.868. The summed E-state index contributed by atoms with van der Waals surface area (Å²) in [4.78, 5) is 0. The van der Waals surface area contributed by atoms with E-state index in [9.17, 15) is 8.78 Å². The van der Waals surface area contributed by atoms with Gasteiger partial charge in [0.05, 0.1) is 12.7 Å². The second-order valence-electron chi connectivity index (χ2n) is 3.65. The van der Waals surface area contributed by atoms with Gasteiger partial charge in [0.1, 0.15) is 0 Å². The van der Waals surface area contributed by atoms with Crippen LogP contribution >= 0.6 is 11.6 Å². The third-order valence-corrected chi connectivity index (χ3v) is 2.89. The van der Waals surface area contributed by atoms with Gasteiger partial charge >= 0.3 is 0 Å².